The third-order valence-electron chi connectivity index (χ3n) is 3.96. The SMILES string of the molecule is CCNC(=NCc1cc(Br)ccc1OC)NC1CCC(=O)N(C)C1.I. The highest BCUT2D eigenvalue weighted by Gasteiger charge is 2.23. The molecule has 25 heavy (non-hydrogen) atoms. The number of guanidine groups is 1. The number of methoxy groups -OCH3 is 1. The number of aliphatic imine (C=N–C) groups is 1. The Kier molecular flexibility index (Phi) is 9.55. The van der Waals surface area contributed by atoms with Crippen molar-refractivity contribution < 1.29 is 9.53 Å². The molecule has 0 radical (unpaired) electrons. The molecule has 1 heterocycles. The largest absolute Gasteiger partial charge is 0.496 e. The van der Waals surface area contributed by atoms with Crippen molar-refractivity contribution in [3.05, 3.63) is 28.2 Å². The molecule has 1 fully saturated rings. The number of hydrogen-bond acceptors (Lipinski definition) is 3. The van der Waals surface area contributed by atoms with Gasteiger partial charge in [-0.25, -0.2) is 4.99 Å². The minimum absolute atomic E-state index is 0. The van der Waals surface area contributed by atoms with Gasteiger partial charge < -0.3 is 20.3 Å². The molecule has 0 spiro atoms. The molecule has 0 bridgehead atoms. The van der Waals surface area contributed by atoms with E-state index in [1.165, 1.54) is 0 Å². The van der Waals surface area contributed by atoms with E-state index in [0.29, 0.717) is 19.5 Å². The summed E-state index contributed by atoms with van der Waals surface area (Å²) in [5, 5.41) is 6.68. The van der Waals surface area contributed by atoms with Gasteiger partial charge in [-0.1, -0.05) is 15.9 Å². The summed E-state index contributed by atoms with van der Waals surface area (Å²) in [4.78, 5) is 18.0. The quantitative estimate of drug-likeness (QED) is 0.353. The van der Waals surface area contributed by atoms with E-state index in [2.05, 4.69) is 31.6 Å². The highest BCUT2D eigenvalue weighted by atomic mass is 127. The van der Waals surface area contributed by atoms with Crippen LogP contribution >= 0.6 is 39.9 Å². The molecule has 1 aliphatic rings. The first-order valence-electron chi connectivity index (χ1n) is 8.14. The molecule has 1 aromatic rings. The monoisotopic (exact) mass is 524 g/mol. The smallest absolute Gasteiger partial charge is 0.222 e. The molecule has 2 N–H and O–H groups in total. The van der Waals surface area contributed by atoms with Gasteiger partial charge in [0.05, 0.1) is 13.7 Å². The Morgan fingerprint density at radius 3 is 2.88 bits per heavy atom. The Hall–Kier alpha value is -1.03. The Morgan fingerprint density at radius 2 is 2.24 bits per heavy atom. The fourth-order valence-corrected chi connectivity index (χ4v) is 3.09. The van der Waals surface area contributed by atoms with Crippen LogP contribution in [0.3, 0.4) is 0 Å². The molecule has 2 rings (SSSR count). The summed E-state index contributed by atoms with van der Waals surface area (Å²) in [6, 6.07) is 6.11. The molecule has 1 aromatic carbocycles. The zero-order chi connectivity index (χ0) is 17.5. The number of carbonyl (C=O) groups excluding carboxylic acids is 1. The number of ether oxygens (including phenoxy) is 1. The lowest BCUT2D eigenvalue weighted by molar-refractivity contribution is -0.132. The maximum absolute atomic E-state index is 11.6. The molecule has 6 nitrogen and oxygen atoms in total. The number of piperidine rings is 1. The molecule has 1 aliphatic heterocycles. The lowest BCUT2D eigenvalue weighted by Gasteiger charge is -2.31. The second kappa shape index (κ2) is 10.8. The van der Waals surface area contributed by atoms with Gasteiger partial charge in [0.1, 0.15) is 5.75 Å². The van der Waals surface area contributed by atoms with E-state index in [-0.39, 0.29) is 35.9 Å². The van der Waals surface area contributed by atoms with Crippen molar-refractivity contribution >= 4 is 51.8 Å². The highest BCUT2D eigenvalue weighted by Crippen LogP contribution is 2.23. The van der Waals surface area contributed by atoms with Gasteiger partial charge in [0.15, 0.2) is 5.96 Å². The Morgan fingerprint density at radius 1 is 1.48 bits per heavy atom. The lowest BCUT2D eigenvalue weighted by Crippen LogP contribution is -2.51. The summed E-state index contributed by atoms with van der Waals surface area (Å²) in [6.45, 7) is 4.03. The van der Waals surface area contributed by atoms with Crippen molar-refractivity contribution in [1.29, 1.82) is 0 Å². The van der Waals surface area contributed by atoms with Gasteiger partial charge in [0.25, 0.3) is 0 Å². The third-order valence-corrected chi connectivity index (χ3v) is 4.45. The fraction of sp³-hybridized carbons (Fsp3) is 0.529. The summed E-state index contributed by atoms with van der Waals surface area (Å²) < 4.78 is 6.39. The van der Waals surface area contributed by atoms with E-state index in [1.807, 2.05) is 32.2 Å². The average molecular weight is 525 g/mol. The number of amides is 1. The van der Waals surface area contributed by atoms with E-state index in [9.17, 15) is 4.79 Å². The van der Waals surface area contributed by atoms with Gasteiger partial charge in [0.2, 0.25) is 5.91 Å². The van der Waals surface area contributed by atoms with Gasteiger partial charge in [-0.2, -0.15) is 0 Å². The number of carbonyl (C=O) groups is 1. The highest BCUT2D eigenvalue weighted by molar-refractivity contribution is 14.0. The van der Waals surface area contributed by atoms with Crippen LogP contribution in [0, 0.1) is 0 Å². The Labute approximate surface area is 174 Å². The first-order chi connectivity index (χ1) is 11.5. The standard InChI is InChI=1S/C17H25BrN4O2.HI/c1-4-19-17(21-14-6-8-16(23)22(2)11-14)20-10-12-9-13(18)5-7-15(12)24-3;/h5,7,9,14H,4,6,8,10-11H2,1-3H3,(H2,19,20,21);1H. The van der Waals surface area contributed by atoms with Gasteiger partial charge in [-0.3, -0.25) is 4.79 Å². The van der Waals surface area contributed by atoms with Gasteiger partial charge >= 0.3 is 0 Å². The number of rotatable bonds is 5. The zero-order valence-electron chi connectivity index (χ0n) is 14.8. The molecule has 1 unspecified atom stereocenters. The van der Waals surface area contributed by atoms with Crippen molar-refractivity contribution in [3.8, 4) is 5.75 Å². The maximum atomic E-state index is 11.6. The summed E-state index contributed by atoms with van der Waals surface area (Å²) in [7, 11) is 3.50. The summed E-state index contributed by atoms with van der Waals surface area (Å²) in [6.07, 6.45) is 1.40. The van der Waals surface area contributed by atoms with E-state index in [4.69, 9.17) is 4.74 Å². The lowest BCUT2D eigenvalue weighted by atomic mass is 10.1. The zero-order valence-corrected chi connectivity index (χ0v) is 18.8. The van der Waals surface area contributed by atoms with Gasteiger partial charge in [0, 0.05) is 42.6 Å². The van der Waals surface area contributed by atoms with Crippen LogP contribution in [-0.4, -0.2) is 50.1 Å². The number of halogens is 2. The molecule has 1 amide bonds. The van der Waals surface area contributed by atoms with Crippen LogP contribution in [-0.2, 0) is 11.3 Å². The summed E-state index contributed by atoms with van der Waals surface area (Å²) in [5.74, 6) is 1.78. The van der Waals surface area contributed by atoms with E-state index in [0.717, 1.165) is 34.7 Å². The molecule has 0 aliphatic carbocycles. The minimum Gasteiger partial charge on any atom is -0.496 e. The Balaban J connectivity index is 0.00000312. The molecule has 0 saturated carbocycles. The molecular weight excluding hydrogens is 499 g/mol. The number of hydrogen-bond donors (Lipinski definition) is 2. The first kappa shape index (κ1) is 22.0. The third kappa shape index (κ3) is 6.65. The number of nitrogens with one attached hydrogen (secondary N) is 2. The van der Waals surface area contributed by atoms with Crippen LogP contribution in [0.15, 0.2) is 27.7 Å². The molecule has 1 saturated heterocycles. The van der Waals surface area contributed by atoms with E-state index < -0.39 is 0 Å². The fourth-order valence-electron chi connectivity index (χ4n) is 2.68. The predicted molar refractivity (Wildman–Crippen MR) is 115 cm³/mol. The topological polar surface area (TPSA) is 66.0 Å². The van der Waals surface area contributed by atoms with Crippen LogP contribution < -0.4 is 15.4 Å². The van der Waals surface area contributed by atoms with Crippen molar-refractivity contribution in [3.63, 3.8) is 0 Å². The van der Waals surface area contributed by atoms with Crippen molar-refractivity contribution in [2.24, 2.45) is 4.99 Å². The normalized spacial score (nSPS) is 17.8. The van der Waals surface area contributed by atoms with Gasteiger partial charge in [-0.05, 0) is 31.5 Å². The number of benzene rings is 1. The first-order valence-corrected chi connectivity index (χ1v) is 8.94. The average Bonchev–Trinajstić information content (AvgIpc) is 2.56. The van der Waals surface area contributed by atoms with Gasteiger partial charge in [-0.15, -0.1) is 24.0 Å². The number of nitrogens with zero attached hydrogens (tertiary/aromatic N) is 2. The Bertz CT molecular complexity index is 612. The van der Waals surface area contributed by atoms with Crippen LogP contribution in [0.25, 0.3) is 0 Å². The summed E-state index contributed by atoms with van der Waals surface area (Å²) >= 11 is 3.48. The number of likely N-dealkylation sites (N-methyl/N-ethyl adjacent to an activating group) is 1. The second-order valence-electron chi connectivity index (χ2n) is 5.81. The maximum Gasteiger partial charge on any atom is 0.222 e. The van der Waals surface area contributed by atoms with E-state index >= 15 is 0 Å². The molecular formula is C17H26BrIN4O2. The van der Waals surface area contributed by atoms with Crippen molar-refractivity contribution in [1.82, 2.24) is 15.5 Å². The van der Waals surface area contributed by atoms with Crippen molar-refractivity contribution in [2.75, 3.05) is 27.2 Å². The molecule has 1 atom stereocenters. The second-order valence-corrected chi connectivity index (χ2v) is 6.72. The van der Waals surface area contributed by atoms with Crippen LogP contribution in [0.1, 0.15) is 25.3 Å². The molecule has 0 aromatic heterocycles. The predicted octanol–water partition coefficient (Wildman–Crippen LogP) is 2.75. The molecule has 140 valence electrons. The van der Waals surface area contributed by atoms with Crippen LogP contribution in [0.5, 0.6) is 5.75 Å². The van der Waals surface area contributed by atoms with E-state index in [1.54, 1.807) is 12.0 Å². The number of likely N-dealkylation sites (tertiary alicyclic amines) is 1. The van der Waals surface area contributed by atoms with Crippen molar-refractivity contribution in [2.45, 2.75) is 32.4 Å². The molecule has 8 heteroatoms. The van der Waals surface area contributed by atoms with Crippen LogP contribution in [0.2, 0.25) is 0 Å². The summed E-state index contributed by atoms with van der Waals surface area (Å²) in [5.41, 5.74) is 1.01. The minimum atomic E-state index is 0. The van der Waals surface area contributed by atoms with Crippen LogP contribution in [0.4, 0.5) is 0 Å².